The lowest BCUT2D eigenvalue weighted by molar-refractivity contribution is -0.138. The SMILES string of the molecule is C#CC(C)OC(=O)C#CC. The van der Waals surface area contributed by atoms with Crippen LogP contribution >= 0.6 is 0 Å². The van der Waals surface area contributed by atoms with Gasteiger partial charge in [-0.2, -0.15) is 0 Å². The molecular weight excluding hydrogens is 128 g/mol. The second-order valence-electron chi connectivity index (χ2n) is 1.59. The maximum atomic E-state index is 10.5. The zero-order valence-corrected chi connectivity index (χ0v) is 5.97. The van der Waals surface area contributed by atoms with Crippen molar-refractivity contribution in [1.29, 1.82) is 0 Å². The summed E-state index contributed by atoms with van der Waals surface area (Å²) >= 11 is 0. The lowest BCUT2D eigenvalue weighted by Gasteiger charge is -2.00. The topological polar surface area (TPSA) is 26.3 Å². The van der Waals surface area contributed by atoms with E-state index in [4.69, 9.17) is 6.42 Å². The van der Waals surface area contributed by atoms with E-state index in [1.807, 2.05) is 0 Å². The Morgan fingerprint density at radius 3 is 2.70 bits per heavy atom. The van der Waals surface area contributed by atoms with Crippen LogP contribution in [0.15, 0.2) is 0 Å². The Kier molecular flexibility index (Phi) is 3.84. The third-order valence-electron chi connectivity index (χ3n) is 0.746. The van der Waals surface area contributed by atoms with E-state index in [1.165, 1.54) is 0 Å². The largest absolute Gasteiger partial charge is 0.440 e. The van der Waals surface area contributed by atoms with E-state index in [0.717, 1.165) is 0 Å². The van der Waals surface area contributed by atoms with Crippen molar-refractivity contribution in [3.8, 4) is 24.2 Å². The number of hydrogen-bond acceptors (Lipinski definition) is 2. The minimum atomic E-state index is -0.576. The maximum Gasteiger partial charge on any atom is 0.385 e. The Bertz CT molecular complexity index is 212. The van der Waals surface area contributed by atoms with Gasteiger partial charge in [0.05, 0.1) is 0 Å². The third-order valence-corrected chi connectivity index (χ3v) is 0.746. The van der Waals surface area contributed by atoms with E-state index in [1.54, 1.807) is 13.8 Å². The van der Waals surface area contributed by atoms with Crippen LogP contribution in [0.25, 0.3) is 0 Å². The van der Waals surface area contributed by atoms with Crippen LogP contribution in [0.4, 0.5) is 0 Å². The van der Waals surface area contributed by atoms with Gasteiger partial charge in [-0.05, 0) is 13.8 Å². The lowest BCUT2D eigenvalue weighted by atomic mass is 10.4. The highest BCUT2D eigenvalue weighted by molar-refractivity contribution is 5.88. The third kappa shape index (κ3) is 3.57. The molecule has 0 aromatic carbocycles. The number of terminal acetylenes is 1. The predicted octanol–water partition coefficient (Wildman–Crippen LogP) is 0.575. The molecule has 0 fully saturated rings. The summed E-state index contributed by atoms with van der Waals surface area (Å²) in [7, 11) is 0. The van der Waals surface area contributed by atoms with Crippen LogP contribution < -0.4 is 0 Å². The van der Waals surface area contributed by atoms with Gasteiger partial charge in [0.15, 0.2) is 6.10 Å². The Balaban J connectivity index is 3.79. The fourth-order valence-corrected chi connectivity index (χ4v) is 0.326. The smallest absolute Gasteiger partial charge is 0.385 e. The fraction of sp³-hybridized carbons (Fsp3) is 0.375. The summed E-state index contributed by atoms with van der Waals surface area (Å²) in [4.78, 5) is 10.5. The van der Waals surface area contributed by atoms with Crippen molar-refractivity contribution >= 4 is 5.97 Å². The molecule has 0 amide bonds. The average Bonchev–Trinajstić information content (AvgIpc) is 1.88. The molecule has 0 aromatic rings. The van der Waals surface area contributed by atoms with E-state index in [2.05, 4.69) is 22.5 Å². The second-order valence-corrected chi connectivity index (χ2v) is 1.59. The zero-order chi connectivity index (χ0) is 7.98. The number of carbonyl (C=O) groups is 1. The molecule has 0 aliphatic rings. The highest BCUT2D eigenvalue weighted by Crippen LogP contribution is 1.86. The lowest BCUT2D eigenvalue weighted by Crippen LogP contribution is -2.10. The van der Waals surface area contributed by atoms with Crippen molar-refractivity contribution in [2.45, 2.75) is 20.0 Å². The van der Waals surface area contributed by atoms with Gasteiger partial charge in [-0.15, -0.1) is 6.42 Å². The monoisotopic (exact) mass is 136 g/mol. The summed E-state index contributed by atoms with van der Waals surface area (Å²) in [5.41, 5.74) is 0. The molecule has 1 atom stereocenters. The van der Waals surface area contributed by atoms with E-state index < -0.39 is 12.1 Å². The summed E-state index contributed by atoms with van der Waals surface area (Å²) in [6, 6.07) is 0. The van der Waals surface area contributed by atoms with Gasteiger partial charge in [-0.3, -0.25) is 0 Å². The molecule has 0 saturated carbocycles. The van der Waals surface area contributed by atoms with Gasteiger partial charge in [-0.25, -0.2) is 4.79 Å². The molecule has 0 saturated heterocycles. The summed E-state index contributed by atoms with van der Waals surface area (Å²) in [6.45, 7) is 3.16. The van der Waals surface area contributed by atoms with Gasteiger partial charge >= 0.3 is 5.97 Å². The summed E-state index contributed by atoms with van der Waals surface area (Å²) in [5.74, 6) is 6.28. The molecule has 0 spiro atoms. The normalized spacial score (nSPS) is 10.1. The van der Waals surface area contributed by atoms with E-state index in [0.29, 0.717) is 0 Å². The number of hydrogen-bond donors (Lipinski definition) is 0. The molecule has 0 aliphatic carbocycles. The Morgan fingerprint density at radius 1 is 1.70 bits per heavy atom. The molecule has 2 nitrogen and oxygen atoms in total. The van der Waals surface area contributed by atoms with Gasteiger partial charge in [-0.1, -0.05) is 11.8 Å². The number of esters is 1. The van der Waals surface area contributed by atoms with Crippen molar-refractivity contribution in [3.05, 3.63) is 0 Å². The molecule has 0 rings (SSSR count). The summed E-state index contributed by atoms with van der Waals surface area (Å²) in [5, 5.41) is 0. The molecule has 10 heavy (non-hydrogen) atoms. The standard InChI is InChI=1S/C8H8O2/c1-4-6-8(9)10-7(3)5-2/h2,7H,1,3H3. The molecular formula is C8H8O2. The first-order valence-corrected chi connectivity index (χ1v) is 2.80. The average molecular weight is 136 g/mol. The molecule has 0 heterocycles. The quantitative estimate of drug-likeness (QED) is 0.299. The Labute approximate surface area is 60.6 Å². The Hall–Kier alpha value is -1.41. The first kappa shape index (κ1) is 8.59. The Morgan fingerprint density at radius 2 is 2.30 bits per heavy atom. The molecule has 0 bridgehead atoms. The number of rotatable bonds is 1. The zero-order valence-electron chi connectivity index (χ0n) is 5.97. The first-order valence-electron chi connectivity index (χ1n) is 2.80. The summed E-state index contributed by atoms with van der Waals surface area (Å²) in [6.07, 6.45) is 4.45. The van der Waals surface area contributed by atoms with Crippen LogP contribution in [-0.4, -0.2) is 12.1 Å². The van der Waals surface area contributed by atoms with Crippen molar-refractivity contribution in [2.75, 3.05) is 0 Å². The minimum Gasteiger partial charge on any atom is -0.440 e. The van der Waals surface area contributed by atoms with Gasteiger partial charge in [0.1, 0.15) is 0 Å². The molecule has 1 unspecified atom stereocenters. The van der Waals surface area contributed by atoms with E-state index in [-0.39, 0.29) is 0 Å². The van der Waals surface area contributed by atoms with Gasteiger partial charge in [0, 0.05) is 5.92 Å². The highest BCUT2D eigenvalue weighted by atomic mass is 16.5. The van der Waals surface area contributed by atoms with Crippen LogP contribution in [0.3, 0.4) is 0 Å². The molecule has 52 valence electrons. The van der Waals surface area contributed by atoms with Crippen LogP contribution in [0, 0.1) is 24.2 Å². The van der Waals surface area contributed by atoms with Crippen molar-refractivity contribution in [1.82, 2.24) is 0 Å². The predicted molar refractivity (Wildman–Crippen MR) is 37.8 cm³/mol. The van der Waals surface area contributed by atoms with Crippen LogP contribution in [0.5, 0.6) is 0 Å². The first-order chi connectivity index (χ1) is 4.70. The number of ether oxygens (including phenoxy) is 1. The van der Waals surface area contributed by atoms with Crippen LogP contribution in [0.2, 0.25) is 0 Å². The van der Waals surface area contributed by atoms with Crippen molar-refractivity contribution < 1.29 is 9.53 Å². The fourth-order valence-electron chi connectivity index (χ4n) is 0.326. The number of carbonyl (C=O) groups excluding carboxylic acids is 1. The van der Waals surface area contributed by atoms with Gasteiger partial charge in [0.2, 0.25) is 0 Å². The summed E-state index contributed by atoms with van der Waals surface area (Å²) < 4.78 is 4.59. The van der Waals surface area contributed by atoms with Crippen molar-refractivity contribution in [2.24, 2.45) is 0 Å². The minimum absolute atomic E-state index is 0.492. The molecule has 0 aliphatic heterocycles. The van der Waals surface area contributed by atoms with E-state index >= 15 is 0 Å². The molecule has 0 radical (unpaired) electrons. The van der Waals surface area contributed by atoms with Crippen LogP contribution in [-0.2, 0) is 9.53 Å². The highest BCUT2D eigenvalue weighted by Gasteiger charge is 2.00. The molecule has 0 aromatic heterocycles. The van der Waals surface area contributed by atoms with E-state index in [9.17, 15) is 4.79 Å². The molecule has 2 heteroatoms. The second kappa shape index (κ2) is 4.47. The maximum absolute atomic E-state index is 10.5. The van der Waals surface area contributed by atoms with Crippen molar-refractivity contribution in [3.63, 3.8) is 0 Å². The van der Waals surface area contributed by atoms with Crippen LogP contribution in [0.1, 0.15) is 13.8 Å². The molecule has 0 N–H and O–H groups in total. The van der Waals surface area contributed by atoms with Gasteiger partial charge in [0.25, 0.3) is 0 Å². The van der Waals surface area contributed by atoms with Gasteiger partial charge < -0.3 is 4.74 Å².